The molecular formula is C17H29N3. The molecule has 0 bridgehead atoms. The van der Waals surface area contributed by atoms with Crippen LogP contribution in [0.3, 0.4) is 0 Å². The van der Waals surface area contributed by atoms with Crippen molar-refractivity contribution in [2.24, 2.45) is 0 Å². The molecule has 20 heavy (non-hydrogen) atoms. The minimum atomic E-state index is 0.874. The summed E-state index contributed by atoms with van der Waals surface area (Å²) in [5.41, 5.74) is 3.65. The van der Waals surface area contributed by atoms with E-state index in [1.807, 2.05) is 0 Å². The number of aryl methyl sites for hydroxylation is 1. The second-order valence-corrected chi connectivity index (χ2v) is 5.33. The first kappa shape index (κ1) is 16.7. The van der Waals surface area contributed by atoms with Crippen LogP contribution < -0.4 is 10.2 Å². The monoisotopic (exact) mass is 275 g/mol. The number of aromatic nitrogens is 1. The van der Waals surface area contributed by atoms with Crippen molar-refractivity contribution >= 4 is 5.82 Å². The lowest BCUT2D eigenvalue weighted by molar-refractivity contribution is 0.673. The van der Waals surface area contributed by atoms with E-state index >= 15 is 0 Å². The van der Waals surface area contributed by atoms with Crippen LogP contribution in [0.2, 0.25) is 0 Å². The maximum Gasteiger partial charge on any atom is 0.129 e. The Morgan fingerprint density at radius 2 is 2.05 bits per heavy atom. The Morgan fingerprint density at radius 3 is 2.60 bits per heavy atom. The van der Waals surface area contributed by atoms with Gasteiger partial charge in [0.05, 0.1) is 0 Å². The van der Waals surface area contributed by atoms with E-state index in [9.17, 15) is 0 Å². The van der Waals surface area contributed by atoms with Gasteiger partial charge in [0.2, 0.25) is 0 Å². The van der Waals surface area contributed by atoms with Crippen LogP contribution in [-0.2, 0) is 13.0 Å². The molecule has 1 rings (SSSR count). The van der Waals surface area contributed by atoms with Gasteiger partial charge in [0.1, 0.15) is 5.82 Å². The van der Waals surface area contributed by atoms with E-state index in [-0.39, 0.29) is 0 Å². The van der Waals surface area contributed by atoms with E-state index in [1.54, 1.807) is 0 Å². The highest BCUT2D eigenvalue weighted by atomic mass is 15.2. The van der Waals surface area contributed by atoms with Gasteiger partial charge in [-0.1, -0.05) is 26.0 Å². The Hall–Kier alpha value is -1.35. The smallest absolute Gasteiger partial charge is 0.129 e. The van der Waals surface area contributed by atoms with Crippen LogP contribution in [0.4, 0.5) is 5.82 Å². The summed E-state index contributed by atoms with van der Waals surface area (Å²) < 4.78 is 0. The van der Waals surface area contributed by atoms with E-state index in [0.717, 1.165) is 50.5 Å². The Kier molecular flexibility index (Phi) is 7.31. The molecule has 0 fully saturated rings. The second kappa shape index (κ2) is 8.75. The molecule has 0 aliphatic carbocycles. The summed E-state index contributed by atoms with van der Waals surface area (Å²) in [6.45, 7) is 16.4. The number of likely N-dealkylation sites (N-methyl/N-ethyl adjacent to an activating group) is 1. The van der Waals surface area contributed by atoms with Crippen LogP contribution >= 0.6 is 0 Å². The zero-order valence-electron chi connectivity index (χ0n) is 13.5. The highest BCUT2D eigenvalue weighted by Gasteiger charge is 2.09. The molecule has 0 atom stereocenters. The van der Waals surface area contributed by atoms with Crippen LogP contribution in [0.15, 0.2) is 24.3 Å². The number of hydrogen-bond acceptors (Lipinski definition) is 3. The summed E-state index contributed by atoms with van der Waals surface area (Å²) >= 11 is 0. The maximum absolute atomic E-state index is 4.76. The molecule has 0 aliphatic heterocycles. The zero-order valence-corrected chi connectivity index (χ0v) is 13.5. The van der Waals surface area contributed by atoms with Crippen LogP contribution in [-0.4, -0.2) is 24.6 Å². The molecule has 0 saturated heterocycles. The van der Waals surface area contributed by atoms with Gasteiger partial charge in [-0.05, 0) is 50.9 Å². The number of hydrogen-bond donors (Lipinski definition) is 1. The molecule has 0 aliphatic rings. The minimum Gasteiger partial charge on any atom is -0.353 e. The lowest BCUT2D eigenvalue weighted by Crippen LogP contribution is -2.26. The van der Waals surface area contributed by atoms with Gasteiger partial charge in [-0.25, -0.2) is 4.98 Å². The molecule has 3 nitrogen and oxygen atoms in total. The molecule has 0 spiro atoms. The van der Waals surface area contributed by atoms with Crippen LogP contribution in [0.25, 0.3) is 0 Å². The van der Waals surface area contributed by atoms with Gasteiger partial charge >= 0.3 is 0 Å². The van der Waals surface area contributed by atoms with Crippen molar-refractivity contribution in [2.45, 2.75) is 47.1 Å². The summed E-state index contributed by atoms with van der Waals surface area (Å²) in [5, 5.41) is 3.46. The Morgan fingerprint density at radius 1 is 1.30 bits per heavy atom. The maximum atomic E-state index is 4.76. The van der Waals surface area contributed by atoms with Crippen molar-refractivity contribution in [1.29, 1.82) is 0 Å². The fourth-order valence-electron chi connectivity index (χ4n) is 2.17. The fourth-order valence-corrected chi connectivity index (χ4v) is 2.17. The van der Waals surface area contributed by atoms with E-state index < -0.39 is 0 Å². The molecule has 1 N–H and O–H groups in total. The van der Waals surface area contributed by atoms with Gasteiger partial charge in [0.15, 0.2) is 0 Å². The van der Waals surface area contributed by atoms with Gasteiger partial charge in [0.25, 0.3) is 0 Å². The summed E-state index contributed by atoms with van der Waals surface area (Å²) in [7, 11) is 0. The van der Waals surface area contributed by atoms with E-state index in [0.29, 0.717) is 0 Å². The molecule has 0 saturated carbocycles. The van der Waals surface area contributed by atoms with Crippen molar-refractivity contribution in [3.63, 3.8) is 0 Å². The largest absolute Gasteiger partial charge is 0.353 e. The number of nitrogens with zero attached hydrogens (tertiary/aromatic N) is 2. The Balaban J connectivity index is 2.92. The van der Waals surface area contributed by atoms with Gasteiger partial charge < -0.3 is 10.2 Å². The van der Waals surface area contributed by atoms with Gasteiger partial charge in [-0.15, -0.1) is 0 Å². The third kappa shape index (κ3) is 5.33. The molecule has 0 radical (unpaired) electrons. The standard InChI is InChI=1S/C17H29N3/c1-6-9-18-12-15-10-16(7-2)19-17(11-15)20(8-3)13-14(4)5/h10-11,18H,4,6-9,12-13H2,1-3,5H3. The highest BCUT2D eigenvalue weighted by Crippen LogP contribution is 2.17. The first-order valence-electron chi connectivity index (χ1n) is 7.70. The Labute approximate surface area is 124 Å². The molecule has 1 heterocycles. The van der Waals surface area contributed by atoms with Crippen LogP contribution in [0, 0.1) is 0 Å². The molecule has 0 amide bonds. The number of nitrogens with one attached hydrogen (secondary N) is 1. The second-order valence-electron chi connectivity index (χ2n) is 5.33. The molecule has 1 aromatic rings. The average molecular weight is 275 g/mol. The normalized spacial score (nSPS) is 10.6. The molecular weight excluding hydrogens is 246 g/mol. The van der Waals surface area contributed by atoms with Crippen molar-refractivity contribution in [2.75, 3.05) is 24.5 Å². The highest BCUT2D eigenvalue weighted by molar-refractivity contribution is 5.44. The quantitative estimate of drug-likeness (QED) is 0.552. The summed E-state index contributed by atoms with van der Waals surface area (Å²) in [4.78, 5) is 7.04. The number of rotatable bonds is 9. The topological polar surface area (TPSA) is 28.2 Å². The fraction of sp³-hybridized carbons (Fsp3) is 0.588. The minimum absolute atomic E-state index is 0.874. The van der Waals surface area contributed by atoms with E-state index in [1.165, 1.54) is 11.1 Å². The van der Waals surface area contributed by atoms with Crippen molar-refractivity contribution in [1.82, 2.24) is 10.3 Å². The predicted molar refractivity (Wildman–Crippen MR) is 88.3 cm³/mol. The van der Waals surface area contributed by atoms with E-state index in [2.05, 4.69) is 56.6 Å². The lowest BCUT2D eigenvalue weighted by Gasteiger charge is -2.23. The van der Waals surface area contributed by atoms with Gasteiger partial charge in [-0.2, -0.15) is 0 Å². The number of pyridine rings is 1. The predicted octanol–water partition coefficient (Wildman–Crippen LogP) is 3.55. The van der Waals surface area contributed by atoms with Gasteiger partial charge in [0, 0.05) is 25.3 Å². The van der Waals surface area contributed by atoms with Crippen molar-refractivity contribution in [3.05, 3.63) is 35.5 Å². The summed E-state index contributed by atoms with van der Waals surface area (Å²) in [6, 6.07) is 4.41. The van der Waals surface area contributed by atoms with Crippen LogP contribution in [0.5, 0.6) is 0 Å². The third-order valence-electron chi connectivity index (χ3n) is 3.21. The van der Waals surface area contributed by atoms with Gasteiger partial charge in [-0.3, -0.25) is 0 Å². The zero-order chi connectivity index (χ0) is 15.0. The van der Waals surface area contributed by atoms with Crippen molar-refractivity contribution < 1.29 is 0 Å². The lowest BCUT2D eigenvalue weighted by atomic mass is 10.1. The molecule has 0 aromatic carbocycles. The first-order chi connectivity index (χ1) is 9.60. The first-order valence-corrected chi connectivity index (χ1v) is 7.70. The third-order valence-corrected chi connectivity index (χ3v) is 3.21. The van der Waals surface area contributed by atoms with Crippen molar-refractivity contribution in [3.8, 4) is 0 Å². The molecule has 3 heteroatoms. The Bertz CT molecular complexity index is 426. The average Bonchev–Trinajstić information content (AvgIpc) is 2.44. The summed E-state index contributed by atoms with van der Waals surface area (Å²) in [6.07, 6.45) is 2.13. The molecule has 1 aromatic heterocycles. The van der Waals surface area contributed by atoms with Crippen LogP contribution in [0.1, 0.15) is 45.4 Å². The number of anilines is 1. The summed E-state index contributed by atoms with van der Waals surface area (Å²) in [5.74, 6) is 1.07. The SMILES string of the molecule is C=C(C)CN(CC)c1cc(CNCCC)cc(CC)n1. The molecule has 112 valence electrons. The van der Waals surface area contributed by atoms with E-state index in [4.69, 9.17) is 4.98 Å². The molecule has 0 unspecified atom stereocenters.